The molecule has 0 aromatic carbocycles. The maximum Gasteiger partial charge on any atom is 0.0641 e. The van der Waals surface area contributed by atoms with Crippen molar-refractivity contribution in [3.05, 3.63) is 24.0 Å². The Morgan fingerprint density at radius 3 is 2.89 bits per heavy atom. The summed E-state index contributed by atoms with van der Waals surface area (Å²) >= 11 is 0. The van der Waals surface area contributed by atoms with E-state index >= 15 is 0 Å². The van der Waals surface area contributed by atoms with E-state index < -0.39 is 0 Å². The SMILES string of the molecule is CCOCCN(C)c1ccnc(CNC(C)C)c1. The molecule has 1 aromatic rings. The molecule has 0 aliphatic rings. The highest BCUT2D eigenvalue weighted by atomic mass is 16.5. The Morgan fingerprint density at radius 2 is 2.22 bits per heavy atom. The third-order valence-electron chi connectivity index (χ3n) is 2.71. The topological polar surface area (TPSA) is 37.4 Å². The van der Waals surface area contributed by atoms with Crippen LogP contribution in [-0.4, -0.2) is 37.8 Å². The Kier molecular flexibility index (Phi) is 6.68. The molecule has 0 atom stereocenters. The molecule has 1 rings (SSSR count). The first-order chi connectivity index (χ1) is 8.63. The standard InChI is InChI=1S/C14H25N3O/c1-5-18-9-8-17(4)14-6-7-15-13(10-14)11-16-12(2)3/h6-7,10,12,16H,5,8-9,11H2,1-4H3. The Morgan fingerprint density at radius 1 is 1.44 bits per heavy atom. The number of hydrogen-bond donors (Lipinski definition) is 1. The van der Waals surface area contributed by atoms with Gasteiger partial charge in [0.2, 0.25) is 0 Å². The van der Waals surface area contributed by atoms with Crippen LogP contribution in [0, 0.1) is 0 Å². The monoisotopic (exact) mass is 251 g/mol. The summed E-state index contributed by atoms with van der Waals surface area (Å²) in [6, 6.07) is 4.64. The van der Waals surface area contributed by atoms with Gasteiger partial charge in [0, 0.05) is 44.7 Å². The quantitative estimate of drug-likeness (QED) is 0.718. The van der Waals surface area contributed by atoms with Crippen molar-refractivity contribution >= 4 is 5.69 Å². The summed E-state index contributed by atoms with van der Waals surface area (Å²) in [5.41, 5.74) is 2.26. The summed E-state index contributed by atoms with van der Waals surface area (Å²) < 4.78 is 5.37. The van der Waals surface area contributed by atoms with Crippen molar-refractivity contribution in [2.75, 3.05) is 31.7 Å². The van der Waals surface area contributed by atoms with E-state index in [1.54, 1.807) is 0 Å². The van der Waals surface area contributed by atoms with Crippen LogP contribution in [0.4, 0.5) is 5.69 Å². The molecule has 4 heteroatoms. The lowest BCUT2D eigenvalue weighted by Gasteiger charge is -2.19. The minimum absolute atomic E-state index is 0.478. The number of nitrogens with one attached hydrogen (secondary N) is 1. The van der Waals surface area contributed by atoms with E-state index in [0.717, 1.165) is 32.0 Å². The number of pyridine rings is 1. The third kappa shape index (κ3) is 5.47. The van der Waals surface area contributed by atoms with E-state index in [0.29, 0.717) is 6.04 Å². The largest absolute Gasteiger partial charge is 0.380 e. The number of nitrogens with zero attached hydrogens (tertiary/aromatic N) is 2. The number of aromatic nitrogens is 1. The van der Waals surface area contributed by atoms with Gasteiger partial charge in [0.15, 0.2) is 0 Å². The molecule has 102 valence electrons. The Balaban J connectivity index is 2.52. The first kappa shape index (κ1) is 14.9. The van der Waals surface area contributed by atoms with Crippen LogP contribution in [-0.2, 0) is 11.3 Å². The van der Waals surface area contributed by atoms with Gasteiger partial charge in [0.1, 0.15) is 0 Å². The first-order valence-electron chi connectivity index (χ1n) is 6.60. The zero-order valence-corrected chi connectivity index (χ0v) is 11.9. The Bertz CT molecular complexity index is 342. The van der Waals surface area contributed by atoms with Gasteiger partial charge in [-0.15, -0.1) is 0 Å². The van der Waals surface area contributed by atoms with Crippen LogP contribution >= 0.6 is 0 Å². The molecule has 0 saturated heterocycles. The second-order valence-electron chi connectivity index (χ2n) is 4.66. The molecule has 1 heterocycles. The highest BCUT2D eigenvalue weighted by Gasteiger charge is 2.03. The zero-order chi connectivity index (χ0) is 13.4. The van der Waals surface area contributed by atoms with Crippen LogP contribution in [0.1, 0.15) is 26.5 Å². The smallest absolute Gasteiger partial charge is 0.0641 e. The van der Waals surface area contributed by atoms with Gasteiger partial charge < -0.3 is 15.0 Å². The second kappa shape index (κ2) is 8.06. The summed E-state index contributed by atoms with van der Waals surface area (Å²) in [7, 11) is 2.08. The molecule has 0 radical (unpaired) electrons. The van der Waals surface area contributed by atoms with Crippen molar-refractivity contribution in [1.29, 1.82) is 0 Å². The maximum absolute atomic E-state index is 5.37. The summed E-state index contributed by atoms with van der Waals surface area (Å²) in [6.07, 6.45) is 1.86. The van der Waals surface area contributed by atoms with Crippen molar-refractivity contribution in [3.63, 3.8) is 0 Å². The minimum Gasteiger partial charge on any atom is -0.380 e. The molecule has 0 saturated carbocycles. The van der Waals surface area contributed by atoms with Crippen LogP contribution in [0.25, 0.3) is 0 Å². The molecule has 0 unspecified atom stereocenters. The molecular formula is C14H25N3O. The van der Waals surface area contributed by atoms with Crippen LogP contribution in [0.3, 0.4) is 0 Å². The van der Waals surface area contributed by atoms with E-state index in [-0.39, 0.29) is 0 Å². The van der Waals surface area contributed by atoms with E-state index in [2.05, 4.69) is 42.2 Å². The van der Waals surface area contributed by atoms with Gasteiger partial charge in [-0.05, 0) is 19.1 Å². The van der Waals surface area contributed by atoms with Gasteiger partial charge in [0.25, 0.3) is 0 Å². The second-order valence-corrected chi connectivity index (χ2v) is 4.66. The van der Waals surface area contributed by atoms with Crippen molar-refractivity contribution in [1.82, 2.24) is 10.3 Å². The molecule has 0 aliphatic carbocycles. The van der Waals surface area contributed by atoms with E-state index in [4.69, 9.17) is 4.74 Å². The number of likely N-dealkylation sites (N-methyl/N-ethyl adjacent to an activating group) is 1. The lowest BCUT2D eigenvalue weighted by atomic mass is 10.2. The van der Waals surface area contributed by atoms with Gasteiger partial charge in [-0.3, -0.25) is 4.98 Å². The lowest BCUT2D eigenvalue weighted by Crippen LogP contribution is -2.24. The summed E-state index contributed by atoms with van der Waals surface area (Å²) in [5, 5.41) is 3.37. The fraction of sp³-hybridized carbons (Fsp3) is 0.643. The number of rotatable bonds is 8. The highest BCUT2D eigenvalue weighted by Crippen LogP contribution is 2.12. The van der Waals surface area contributed by atoms with Crippen molar-refractivity contribution < 1.29 is 4.74 Å². The van der Waals surface area contributed by atoms with Crippen molar-refractivity contribution in [2.24, 2.45) is 0 Å². The molecule has 4 nitrogen and oxygen atoms in total. The predicted octanol–water partition coefficient (Wildman–Crippen LogP) is 2.05. The van der Waals surface area contributed by atoms with Crippen molar-refractivity contribution in [3.8, 4) is 0 Å². The van der Waals surface area contributed by atoms with Crippen LogP contribution < -0.4 is 10.2 Å². The third-order valence-corrected chi connectivity index (χ3v) is 2.71. The molecule has 0 spiro atoms. The molecule has 1 N–H and O–H groups in total. The van der Waals surface area contributed by atoms with Crippen molar-refractivity contribution in [2.45, 2.75) is 33.4 Å². The van der Waals surface area contributed by atoms with Crippen LogP contribution in [0.2, 0.25) is 0 Å². The number of hydrogen-bond acceptors (Lipinski definition) is 4. The van der Waals surface area contributed by atoms with Gasteiger partial charge in [-0.25, -0.2) is 0 Å². The predicted molar refractivity (Wildman–Crippen MR) is 76.0 cm³/mol. The van der Waals surface area contributed by atoms with Crippen LogP contribution in [0.5, 0.6) is 0 Å². The van der Waals surface area contributed by atoms with Gasteiger partial charge in [0.05, 0.1) is 12.3 Å². The summed E-state index contributed by atoms with van der Waals surface area (Å²) in [6.45, 7) is 9.53. The van der Waals surface area contributed by atoms with E-state index in [1.807, 2.05) is 19.2 Å². The van der Waals surface area contributed by atoms with Gasteiger partial charge >= 0.3 is 0 Å². The highest BCUT2D eigenvalue weighted by molar-refractivity contribution is 5.45. The van der Waals surface area contributed by atoms with E-state index in [9.17, 15) is 0 Å². The molecule has 0 bridgehead atoms. The Labute approximate surface area is 110 Å². The molecule has 0 amide bonds. The molecule has 1 aromatic heterocycles. The summed E-state index contributed by atoms with van der Waals surface area (Å²) in [5.74, 6) is 0. The number of ether oxygens (including phenoxy) is 1. The minimum atomic E-state index is 0.478. The van der Waals surface area contributed by atoms with E-state index in [1.165, 1.54) is 5.69 Å². The Hall–Kier alpha value is -1.13. The maximum atomic E-state index is 5.37. The lowest BCUT2D eigenvalue weighted by molar-refractivity contribution is 0.154. The molecular weight excluding hydrogens is 226 g/mol. The summed E-state index contributed by atoms with van der Waals surface area (Å²) in [4.78, 5) is 6.56. The molecule has 18 heavy (non-hydrogen) atoms. The van der Waals surface area contributed by atoms with Crippen LogP contribution in [0.15, 0.2) is 18.3 Å². The molecule has 0 fully saturated rings. The average molecular weight is 251 g/mol. The zero-order valence-electron chi connectivity index (χ0n) is 11.9. The normalized spacial score (nSPS) is 10.9. The van der Waals surface area contributed by atoms with Gasteiger partial charge in [-0.2, -0.15) is 0 Å². The average Bonchev–Trinajstić information content (AvgIpc) is 2.37. The van der Waals surface area contributed by atoms with Gasteiger partial charge in [-0.1, -0.05) is 13.8 Å². The number of anilines is 1. The first-order valence-corrected chi connectivity index (χ1v) is 6.60. The molecule has 0 aliphatic heterocycles. The fourth-order valence-electron chi connectivity index (χ4n) is 1.58. The fourth-order valence-corrected chi connectivity index (χ4v) is 1.58.